The molecule has 1 aromatic carbocycles. The van der Waals surface area contributed by atoms with Crippen LogP contribution < -0.4 is 14.8 Å². The van der Waals surface area contributed by atoms with Gasteiger partial charge in [0, 0.05) is 6.07 Å². The van der Waals surface area contributed by atoms with Gasteiger partial charge >= 0.3 is 5.97 Å². The lowest BCUT2D eigenvalue weighted by atomic mass is 10.1. The molecule has 128 valence electrons. The maximum atomic E-state index is 12.3. The van der Waals surface area contributed by atoms with Gasteiger partial charge in [-0.2, -0.15) is 0 Å². The molecule has 0 aliphatic carbocycles. The fourth-order valence-electron chi connectivity index (χ4n) is 2.19. The number of fused-ring (bicyclic) bond motifs is 1. The molecule has 1 heterocycles. The van der Waals surface area contributed by atoms with Crippen LogP contribution in [0.2, 0.25) is 0 Å². The van der Waals surface area contributed by atoms with Crippen molar-refractivity contribution < 1.29 is 29.1 Å². The van der Waals surface area contributed by atoms with Gasteiger partial charge in [0.2, 0.25) is 0 Å². The summed E-state index contributed by atoms with van der Waals surface area (Å²) in [5.74, 6) is -1.72. The molecule has 0 aromatic heterocycles. The first-order valence-corrected chi connectivity index (χ1v) is 7.16. The molecular weight excluding hydrogens is 320 g/mol. The molecule has 0 fully saturated rings. The SMILES string of the molecule is C=CCCC(NC(=O)c1cc2c(cc1[N+](=O)[O-])OCCO2)C(=O)O. The van der Waals surface area contributed by atoms with Gasteiger partial charge < -0.3 is 19.9 Å². The quantitative estimate of drug-likeness (QED) is 0.439. The molecule has 9 nitrogen and oxygen atoms in total. The van der Waals surface area contributed by atoms with Crippen LogP contribution in [-0.4, -0.2) is 41.2 Å². The lowest BCUT2D eigenvalue weighted by molar-refractivity contribution is -0.385. The Balaban J connectivity index is 2.31. The van der Waals surface area contributed by atoms with Crippen LogP contribution in [0.5, 0.6) is 11.5 Å². The van der Waals surface area contributed by atoms with Crippen LogP contribution in [0.15, 0.2) is 24.8 Å². The molecule has 24 heavy (non-hydrogen) atoms. The smallest absolute Gasteiger partial charge is 0.326 e. The van der Waals surface area contributed by atoms with E-state index in [1.807, 2.05) is 0 Å². The van der Waals surface area contributed by atoms with Gasteiger partial charge in [0.05, 0.1) is 11.0 Å². The summed E-state index contributed by atoms with van der Waals surface area (Å²) in [7, 11) is 0. The first-order valence-electron chi connectivity index (χ1n) is 7.16. The minimum atomic E-state index is -1.23. The Bertz CT molecular complexity index is 687. The Kier molecular flexibility index (Phi) is 5.35. The molecule has 0 saturated heterocycles. The highest BCUT2D eigenvalue weighted by atomic mass is 16.6. The fraction of sp³-hybridized carbons (Fsp3) is 0.333. The number of nitro benzene ring substituents is 1. The first-order chi connectivity index (χ1) is 11.4. The average Bonchev–Trinajstić information content (AvgIpc) is 2.56. The molecule has 1 atom stereocenters. The number of carboxylic acids is 1. The van der Waals surface area contributed by atoms with Crippen LogP contribution in [0.25, 0.3) is 0 Å². The summed E-state index contributed by atoms with van der Waals surface area (Å²) in [5.41, 5.74) is -0.765. The fourth-order valence-corrected chi connectivity index (χ4v) is 2.19. The third-order valence-electron chi connectivity index (χ3n) is 3.36. The number of nitro groups is 1. The largest absolute Gasteiger partial charge is 0.486 e. The number of carbonyl (C=O) groups is 2. The molecule has 9 heteroatoms. The first kappa shape index (κ1) is 17.3. The van der Waals surface area contributed by atoms with Crippen molar-refractivity contribution in [2.45, 2.75) is 18.9 Å². The van der Waals surface area contributed by atoms with Gasteiger partial charge in [-0.3, -0.25) is 14.9 Å². The Hall–Kier alpha value is -3.10. The number of carboxylic acid groups (broad SMARTS) is 1. The Labute approximate surface area is 137 Å². The number of benzene rings is 1. The number of aliphatic carboxylic acids is 1. The third kappa shape index (κ3) is 3.80. The number of hydrogen-bond acceptors (Lipinski definition) is 6. The predicted molar refractivity (Wildman–Crippen MR) is 82.4 cm³/mol. The molecule has 1 aliphatic heterocycles. The van der Waals surface area contributed by atoms with Gasteiger partial charge in [0.25, 0.3) is 11.6 Å². The lowest BCUT2D eigenvalue weighted by Gasteiger charge is -2.19. The zero-order chi connectivity index (χ0) is 17.7. The van der Waals surface area contributed by atoms with Gasteiger partial charge in [-0.1, -0.05) is 6.08 Å². The standard InChI is InChI=1S/C15H16N2O7/c1-2-3-4-10(15(19)20)16-14(18)9-7-12-13(24-6-5-23-12)8-11(9)17(21)22/h2,7-8,10H,1,3-6H2,(H,16,18)(H,19,20). The zero-order valence-electron chi connectivity index (χ0n) is 12.7. The number of hydrogen-bond donors (Lipinski definition) is 2. The molecule has 0 saturated carbocycles. The number of nitrogens with one attached hydrogen (secondary N) is 1. The molecule has 0 radical (unpaired) electrons. The van der Waals surface area contributed by atoms with Crippen LogP contribution in [0, 0.1) is 10.1 Å². The van der Waals surface area contributed by atoms with Crippen LogP contribution in [-0.2, 0) is 4.79 Å². The molecule has 1 amide bonds. The van der Waals surface area contributed by atoms with Gasteiger partial charge in [0.15, 0.2) is 11.5 Å². The summed E-state index contributed by atoms with van der Waals surface area (Å²) in [6.45, 7) is 3.99. The molecule has 1 unspecified atom stereocenters. The number of ether oxygens (including phenoxy) is 2. The monoisotopic (exact) mass is 336 g/mol. The Morgan fingerprint density at radius 2 is 2.00 bits per heavy atom. The van der Waals surface area contributed by atoms with E-state index >= 15 is 0 Å². The van der Waals surface area contributed by atoms with Crippen LogP contribution in [0.3, 0.4) is 0 Å². The van der Waals surface area contributed by atoms with Crippen LogP contribution in [0.4, 0.5) is 5.69 Å². The molecule has 0 bridgehead atoms. The van der Waals surface area contributed by atoms with Crippen molar-refractivity contribution in [1.82, 2.24) is 5.32 Å². The second kappa shape index (κ2) is 7.44. The highest BCUT2D eigenvalue weighted by molar-refractivity contribution is 6.00. The van der Waals surface area contributed by atoms with Crippen molar-refractivity contribution in [3.05, 3.63) is 40.5 Å². The number of nitrogens with zero attached hydrogens (tertiary/aromatic N) is 1. The van der Waals surface area contributed by atoms with Crippen molar-refractivity contribution in [2.24, 2.45) is 0 Å². The second-order valence-corrected chi connectivity index (χ2v) is 5.00. The van der Waals surface area contributed by atoms with Crippen molar-refractivity contribution in [1.29, 1.82) is 0 Å². The number of carbonyl (C=O) groups excluding carboxylic acids is 1. The van der Waals surface area contributed by atoms with E-state index in [-0.39, 0.29) is 36.7 Å². The maximum Gasteiger partial charge on any atom is 0.326 e. The van der Waals surface area contributed by atoms with E-state index < -0.39 is 28.5 Å². The highest BCUT2D eigenvalue weighted by Crippen LogP contribution is 2.36. The Morgan fingerprint density at radius 1 is 1.38 bits per heavy atom. The summed E-state index contributed by atoms with van der Waals surface area (Å²) in [4.78, 5) is 34.0. The minimum Gasteiger partial charge on any atom is -0.486 e. The van der Waals surface area contributed by atoms with Crippen LogP contribution in [0.1, 0.15) is 23.2 Å². The van der Waals surface area contributed by atoms with Gasteiger partial charge in [0.1, 0.15) is 24.8 Å². The van der Waals surface area contributed by atoms with E-state index in [0.717, 1.165) is 6.07 Å². The van der Waals surface area contributed by atoms with E-state index in [1.54, 1.807) is 0 Å². The third-order valence-corrected chi connectivity index (χ3v) is 3.36. The summed E-state index contributed by atoms with van der Waals surface area (Å²) in [5, 5.41) is 22.6. The molecule has 2 rings (SSSR count). The van der Waals surface area contributed by atoms with E-state index in [1.165, 1.54) is 12.1 Å². The predicted octanol–water partition coefficient (Wildman–Crippen LogP) is 1.52. The highest BCUT2D eigenvalue weighted by Gasteiger charge is 2.28. The average molecular weight is 336 g/mol. The second-order valence-electron chi connectivity index (χ2n) is 5.00. The Morgan fingerprint density at radius 3 is 2.54 bits per heavy atom. The number of amides is 1. The molecule has 2 N–H and O–H groups in total. The number of rotatable bonds is 7. The van der Waals surface area contributed by atoms with E-state index in [2.05, 4.69) is 11.9 Å². The maximum absolute atomic E-state index is 12.3. The van der Waals surface area contributed by atoms with Gasteiger partial charge in [-0.05, 0) is 12.8 Å². The van der Waals surface area contributed by atoms with Crippen molar-refractivity contribution in [2.75, 3.05) is 13.2 Å². The molecule has 0 spiro atoms. The summed E-state index contributed by atoms with van der Waals surface area (Å²) in [6, 6.07) is 1.11. The van der Waals surface area contributed by atoms with Gasteiger partial charge in [-0.25, -0.2) is 4.79 Å². The molecule has 1 aromatic rings. The van der Waals surface area contributed by atoms with E-state index in [4.69, 9.17) is 14.6 Å². The summed E-state index contributed by atoms with van der Waals surface area (Å²) >= 11 is 0. The zero-order valence-corrected chi connectivity index (χ0v) is 12.7. The molecular formula is C15H16N2O7. The summed E-state index contributed by atoms with van der Waals surface area (Å²) < 4.78 is 10.6. The van der Waals surface area contributed by atoms with Gasteiger partial charge in [-0.15, -0.1) is 6.58 Å². The number of allylic oxidation sites excluding steroid dienone is 1. The van der Waals surface area contributed by atoms with Crippen molar-refractivity contribution in [3.63, 3.8) is 0 Å². The lowest BCUT2D eigenvalue weighted by Crippen LogP contribution is -2.40. The molecule has 1 aliphatic rings. The summed E-state index contributed by atoms with van der Waals surface area (Å²) in [6.07, 6.45) is 2.03. The van der Waals surface area contributed by atoms with E-state index in [0.29, 0.717) is 6.42 Å². The van der Waals surface area contributed by atoms with Crippen molar-refractivity contribution in [3.8, 4) is 11.5 Å². The normalized spacial score (nSPS) is 13.7. The van der Waals surface area contributed by atoms with Crippen LogP contribution >= 0.6 is 0 Å². The van der Waals surface area contributed by atoms with E-state index in [9.17, 15) is 19.7 Å². The topological polar surface area (TPSA) is 128 Å². The minimum absolute atomic E-state index is 0.128. The van der Waals surface area contributed by atoms with Crippen molar-refractivity contribution >= 4 is 17.6 Å².